The van der Waals surface area contributed by atoms with E-state index in [0.717, 1.165) is 44.9 Å². The Hall–Kier alpha value is -4.96. The summed E-state index contributed by atoms with van der Waals surface area (Å²) < 4.78 is 6.59. The first-order valence-electron chi connectivity index (χ1n) is 13.2. The molecule has 7 nitrogen and oxygen atoms in total. The molecule has 2 heterocycles. The number of amides is 1. The third kappa shape index (κ3) is 5.29. The number of nitriles is 1. The molecule has 0 saturated carbocycles. The van der Waals surface area contributed by atoms with Gasteiger partial charge >= 0.3 is 5.91 Å². The molecular weight excluding hydrogens is 500 g/mol. The number of fused-ring (bicyclic) bond motifs is 1. The topological polar surface area (TPSA) is 94.8 Å². The molecule has 202 valence electrons. The Balaban J connectivity index is 0.00000181. The third-order valence-electron chi connectivity index (χ3n) is 6.91. The molecule has 2 aliphatic rings. The number of anilines is 2. The minimum atomic E-state index is -0.821. The lowest BCUT2D eigenvalue weighted by Gasteiger charge is -2.36. The van der Waals surface area contributed by atoms with Crippen LogP contribution in [0, 0.1) is 23.2 Å². The molecule has 3 aromatic carbocycles. The predicted octanol–water partition coefficient (Wildman–Crippen LogP) is 8.06. The quantitative estimate of drug-likeness (QED) is 0.323. The Kier molecular flexibility index (Phi) is 8.30. The SMILES string of the molecule is C=C1C(C)=C(C2=CN(c3cccc(C#N)c3)C2)Oc2c1cc(C)cc2C(C)Nc1ccccc1C(=O)N=O.CC. The van der Waals surface area contributed by atoms with Crippen LogP contribution in [0.25, 0.3) is 5.57 Å². The lowest BCUT2D eigenvalue weighted by Crippen LogP contribution is -2.32. The van der Waals surface area contributed by atoms with E-state index >= 15 is 0 Å². The van der Waals surface area contributed by atoms with E-state index in [-0.39, 0.29) is 11.6 Å². The van der Waals surface area contributed by atoms with Crippen molar-refractivity contribution in [1.29, 1.82) is 5.26 Å². The molecule has 0 bridgehead atoms. The Morgan fingerprint density at radius 3 is 2.55 bits per heavy atom. The highest BCUT2D eigenvalue weighted by atomic mass is 16.5. The van der Waals surface area contributed by atoms with Crippen molar-refractivity contribution in [3.63, 3.8) is 0 Å². The largest absolute Gasteiger partial charge is 0.456 e. The molecule has 40 heavy (non-hydrogen) atoms. The normalized spacial score (nSPS) is 14.3. The van der Waals surface area contributed by atoms with Gasteiger partial charge in [0, 0.05) is 39.5 Å². The number of allylic oxidation sites excluding steroid dienone is 2. The van der Waals surface area contributed by atoms with Gasteiger partial charge < -0.3 is 15.0 Å². The number of benzene rings is 3. The number of carbonyl (C=O) groups excluding carboxylic acids is 1. The van der Waals surface area contributed by atoms with Gasteiger partial charge in [0.25, 0.3) is 0 Å². The summed E-state index contributed by atoms with van der Waals surface area (Å²) in [5.41, 5.74) is 8.10. The molecule has 1 atom stereocenters. The van der Waals surface area contributed by atoms with Crippen LogP contribution in [0.5, 0.6) is 5.75 Å². The van der Waals surface area contributed by atoms with Crippen molar-refractivity contribution in [3.8, 4) is 11.8 Å². The third-order valence-corrected chi connectivity index (χ3v) is 6.91. The highest BCUT2D eigenvalue weighted by Gasteiger charge is 2.31. The van der Waals surface area contributed by atoms with Gasteiger partial charge in [0.1, 0.15) is 11.5 Å². The second kappa shape index (κ2) is 11.8. The minimum Gasteiger partial charge on any atom is -0.456 e. The first-order chi connectivity index (χ1) is 19.3. The van der Waals surface area contributed by atoms with E-state index in [4.69, 9.17) is 4.74 Å². The number of carbonyl (C=O) groups is 1. The van der Waals surface area contributed by atoms with Gasteiger partial charge in [-0.15, -0.1) is 4.91 Å². The first-order valence-corrected chi connectivity index (χ1v) is 13.2. The zero-order valence-corrected chi connectivity index (χ0v) is 23.4. The summed E-state index contributed by atoms with van der Waals surface area (Å²) >= 11 is 0. The summed E-state index contributed by atoms with van der Waals surface area (Å²) in [5, 5.41) is 15.2. The van der Waals surface area contributed by atoms with Gasteiger partial charge in [-0.25, -0.2) is 0 Å². The number of nitroso groups, excluding NO2 is 1. The maximum absolute atomic E-state index is 12.1. The number of ether oxygens (including phenoxy) is 1. The highest BCUT2D eigenvalue weighted by molar-refractivity contribution is 6.00. The molecule has 1 amide bonds. The highest BCUT2D eigenvalue weighted by Crippen LogP contribution is 2.45. The summed E-state index contributed by atoms with van der Waals surface area (Å²) in [6, 6.07) is 20.4. The summed E-state index contributed by atoms with van der Waals surface area (Å²) in [6.45, 7) is 15.0. The van der Waals surface area contributed by atoms with Crippen LogP contribution in [0.15, 0.2) is 95.5 Å². The summed E-state index contributed by atoms with van der Waals surface area (Å²) in [5.74, 6) is 0.663. The number of hydrogen-bond donors (Lipinski definition) is 1. The van der Waals surface area contributed by atoms with E-state index in [0.29, 0.717) is 23.5 Å². The predicted molar refractivity (Wildman–Crippen MR) is 160 cm³/mol. The summed E-state index contributed by atoms with van der Waals surface area (Å²) in [7, 11) is 0. The van der Waals surface area contributed by atoms with E-state index < -0.39 is 5.91 Å². The first kappa shape index (κ1) is 28.1. The van der Waals surface area contributed by atoms with Crippen molar-refractivity contribution in [3.05, 3.63) is 123 Å². The Labute approximate surface area is 235 Å². The minimum absolute atomic E-state index is 0.220. The zero-order chi connectivity index (χ0) is 29.0. The fourth-order valence-corrected chi connectivity index (χ4v) is 4.84. The maximum atomic E-state index is 12.1. The van der Waals surface area contributed by atoms with Gasteiger partial charge in [-0.1, -0.05) is 44.7 Å². The molecule has 2 aliphatic heterocycles. The van der Waals surface area contributed by atoms with Crippen LogP contribution < -0.4 is 15.0 Å². The van der Waals surface area contributed by atoms with E-state index in [1.165, 1.54) is 0 Å². The smallest absolute Gasteiger partial charge is 0.318 e. The fraction of sp³-hybridized carbons (Fsp3) is 0.212. The lowest BCUT2D eigenvalue weighted by atomic mass is 9.88. The van der Waals surface area contributed by atoms with Gasteiger partial charge in [-0.3, -0.25) is 4.79 Å². The maximum Gasteiger partial charge on any atom is 0.318 e. The molecule has 0 aliphatic carbocycles. The van der Waals surface area contributed by atoms with E-state index in [1.807, 2.05) is 59.0 Å². The van der Waals surface area contributed by atoms with Crippen molar-refractivity contribution < 1.29 is 9.53 Å². The van der Waals surface area contributed by atoms with Crippen LogP contribution in [-0.2, 0) is 0 Å². The Morgan fingerprint density at radius 1 is 1.12 bits per heavy atom. The average Bonchev–Trinajstić information content (AvgIpc) is 2.95. The zero-order valence-electron chi connectivity index (χ0n) is 23.4. The molecule has 0 aromatic heterocycles. The molecule has 5 rings (SSSR count). The molecule has 7 heteroatoms. The van der Waals surface area contributed by atoms with Crippen LogP contribution in [0.1, 0.15) is 66.3 Å². The Bertz CT molecular complexity index is 1610. The monoisotopic (exact) mass is 532 g/mol. The lowest BCUT2D eigenvalue weighted by molar-refractivity contribution is 0.100. The molecule has 0 radical (unpaired) electrons. The molecular formula is C33H32N4O3. The molecule has 0 saturated heterocycles. The van der Waals surface area contributed by atoms with Crippen molar-refractivity contribution in [2.75, 3.05) is 16.8 Å². The van der Waals surface area contributed by atoms with E-state index in [9.17, 15) is 15.0 Å². The molecule has 0 spiro atoms. The van der Waals surface area contributed by atoms with E-state index in [1.54, 1.807) is 30.3 Å². The molecule has 1 unspecified atom stereocenters. The van der Waals surface area contributed by atoms with Crippen LogP contribution in [0.3, 0.4) is 0 Å². The van der Waals surface area contributed by atoms with Gasteiger partial charge in [0.15, 0.2) is 0 Å². The number of rotatable bonds is 6. The van der Waals surface area contributed by atoms with E-state index in [2.05, 4.69) is 40.2 Å². The number of hydrogen-bond acceptors (Lipinski definition) is 6. The van der Waals surface area contributed by atoms with Crippen LogP contribution >= 0.6 is 0 Å². The van der Waals surface area contributed by atoms with Gasteiger partial charge in [-0.2, -0.15) is 5.26 Å². The standard InChI is InChI=1S/C31H26N4O3.C2H6/c1-18-12-26-19(2)20(3)29(23-16-35(17-23)24-9-7-8-22(14-24)15-32)38-30(26)27(13-18)21(4)33-28-11-6-5-10-25(28)31(36)34-37;1-2/h5-14,16,21,33H,2,17H2,1,3-4H3;1-2H3. The van der Waals surface area contributed by atoms with Crippen molar-refractivity contribution in [2.24, 2.45) is 5.18 Å². The fourth-order valence-electron chi connectivity index (χ4n) is 4.84. The van der Waals surface area contributed by atoms with Gasteiger partial charge in [0.2, 0.25) is 0 Å². The van der Waals surface area contributed by atoms with Gasteiger partial charge in [0.05, 0.1) is 29.8 Å². The molecule has 1 N–H and O–H groups in total. The van der Waals surface area contributed by atoms with Crippen LogP contribution in [0.2, 0.25) is 0 Å². The van der Waals surface area contributed by atoms with Gasteiger partial charge in [-0.05, 0) is 73.9 Å². The molecule has 3 aromatic rings. The average molecular weight is 533 g/mol. The number of nitrogens with one attached hydrogen (secondary N) is 1. The van der Waals surface area contributed by atoms with Crippen molar-refractivity contribution in [1.82, 2.24) is 0 Å². The Morgan fingerprint density at radius 2 is 1.85 bits per heavy atom. The summed E-state index contributed by atoms with van der Waals surface area (Å²) in [6.07, 6.45) is 2.03. The second-order valence-electron chi connectivity index (χ2n) is 9.52. The summed E-state index contributed by atoms with van der Waals surface area (Å²) in [4.78, 5) is 25.0. The number of nitrogens with zero attached hydrogens (tertiary/aromatic N) is 3. The van der Waals surface area contributed by atoms with Crippen LogP contribution in [0.4, 0.5) is 11.4 Å². The van der Waals surface area contributed by atoms with Crippen molar-refractivity contribution >= 4 is 22.9 Å². The van der Waals surface area contributed by atoms with Crippen molar-refractivity contribution in [2.45, 2.75) is 40.7 Å². The number of para-hydroxylation sites is 1. The molecule has 0 fully saturated rings. The van der Waals surface area contributed by atoms with Crippen LogP contribution in [-0.4, -0.2) is 12.5 Å². The number of aryl methyl sites for hydroxylation is 1. The second-order valence-corrected chi connectivity index (χ2v) is 9.52.